The predicted octanol–water partition coefficient (Wildman–Crippen LogP) is 7.11. The summed E-state index contributed by atoms with van der Waals surface area (Å²) in [6, 6.07) is 20.6. The van der Waals surface area contributed by atoms with Gasteiger partial charge in [-0.05, 0) is 55.7 Å². The minimum atomic E-state index is -0.743. The number of carbonyl (C=O) groups excluding carboxylic acids is 2. The number of allylic oxidation sites excluding steroid dienone is 1. The molecule has 0 radical (unpaired) electrons. The molecule has 2 N–H and O–H groups in total. The number of amides is 1. The lowest BCUT2D eigenvalue weighted by atomic mass is 10.0. The summed E-state index contributed by atoms with van der Waals surface area (Å²) in [5.74, 6) is 2.08. The lowest BCUT2D eigenvalue weighted by Gasteiger charge is -2.18. The fourth-order valence-electron chi connectivity index (χ4n) is 5.38. The summed E-state index contributed by atoms with van der Waals surface area (Å²) >= 11 is -0.743. The van der Waals surface area contributed by atoms with E-state index in [1.165, 1.54) is 37.7 Å². The molecule has 1 amide bonds. The van der Waals surface area contributed by atoms with Gasteiger partial charge in [0.25, 0.3) is 5.91 Å². The summed E-state index contributed by atoms with van der Waals surface area (Å²) in [7, 11) is 0. The van der Waals surface area contributed by atoms with Crippen molar-refractivity contribution in [1.82, 2.24) is 0 Å². The van der Waals surface area contributed by atoms with Crippen LogP contribution in [0.2, 0.25) is 0 Å². The highest BCUT2D eigenvalue weighted by molar-refractivity contribution is 7.91. The van der Waals surface area contributed by atoms with Crippen LogP contribution in [0.1, 0.15) is 73.9 Å². The third-order valence-corrected chi connectivity index (χ3v) is 9.44. The quantitative estimate of drug-likeness (QED) is 0.149. The second kappa shape index (κ2) is 13.9. The van der Waals surface area contributed by atoms with Gasteiger partial charge in [0.1, 0.15) is 16.7 Å². The summed E-state index contributed by atoms with van der Waals surface area (Å²) in [4.78, 5) is 24.6. The average molecular weight is 587 g/mol. The molecule has 8 heteroatoms. The molecule has 3 aliphatic heterocycles. The normalized spacial score (nSPS) is 17.5. The summed E-state index contributed by atoms with van der Waals surface area (Å²) in [5.41, 5.74) is 4.81. The Morgan fingerprint density at radius 1 is 0.833 bits per heavy atom. The maximum absolute atomic E-state index is 12.4. The zero-order valence-corrected chi connectivity index (χ0v) is 25.1. The minimum Gasteiger partial charge on any atom is -0.616 e. The number of rotatable bonds is 10. The topological polar surface area (TPSA) is 99.7 Å². The second-order valence-corrected chi connectivity index (χ2v) is 12.8. The van der Waals surface area contributed by atoms with E-state index in [1.807, 2.05) is 60.7 Å². The smallest absolute Gasteiger partial charge is 0.258 e. The Morgan fingerprint density at radius 3 is 2.26 bits per heavy atom. The Labute approximate surface area is 250 Å². The minimum absolute atomic E-state index is 0.137. The van der Waals surface area contributed by atoms with E-state index in [-0.39, 0.29) is 16.9 Å². The van der Waals surface area contributed by atoms with Gasteiger partial charge in [0.15, 0.2) is 11.5 Å². The number of hydrogen-bond acceptors (Lipinski definition) is 6. The Morgan fingerprint density at radius 2 is 1.50 bits per heavy atom. The Hall–Kier alpha value is -3.75. The van der Waals surface area contributed by atoms with Gasteiger partial charge in [0.05, 0.1) is 5.57 Å². The predicted molar refractivity (Wildman–Crippen MR) is 169 cm³/mol. The van der Waals surface area contributed by atoms with Crippen LogP contribution in [0.3, 0.4) is 0 Å². The van der Waals surface area contributed by atoms with E-state index in [4.69, 9.17) is 9.47 Å². The third kappa shape index (κ3) is 6.82. The molecule has 42 heavy (non-hydrogen) atoms. The number of para-hydroxylation sites is 2. The maximum atomic E-state index is 12.4. The van der Waals surface area contributed by atoms with Crippen LogP contribution in [-0.2, 0) is 22.4 Å². The molecular weight excluding hydrogens is 548 g/mol. The van der Waals surface area contributed by atoms with E-state index in [0.29, 0.717) is 23.6 Å². The van der Waals surface area contributed by atoms with Gasteiger partial charge < -0.3 is 24.7 Å². The van der Waals surface area contributed by atoms with Crippen LogP contribution in [0.4, 0.5) is 11.4 Å². The molecule has 2 unspecified atom stereocenters. The number of Topliss-reactive ketones (excluding diaryl/α,β-unsaturated/α-hetero) is 1. The first kappa shape index (κ1) is 29.7. The molecule has 0 saturated heterocycles. The van der Waals surface area contributed by atoms with Crippen LogP contribution >= 0.6 is 0 Å². The zero-order valence-electron chi connectivity index (χ0n) is 24.2. The van der Waals surface area contributed by atoms with Crippen LogP contribution in [0.5, 0.6) is 11.5 Å². The summed E-state index contributed by atoms with van der Waals surface area (Å²) < 4.78 is 23.0. The highest BCUT2D eigenvalue weighted by Gasteiger charge is 2.34. The van der Waals surface area contributed by atoms with Crippen molar-refractivity contribution in [3.05, 3.63) is 89.1 Å². The lowest BCUT2D eigenvalue weighted by molar-refractivity contribution is -0.110. The number of anilines is 2. The number of unbranched alkanes of at least 4 members (excludes halogenated alkanes) is 5. The van der Waals surface area contributed by atoms with Crippen LogP contribution in [0.25, 0.3) is 5.57 Å². The van der Waals surface area contributed by atoms with Gasteiger partial charge in [-0.3, -0.25) is 9.59 Å². The molecule has 0 bridgehead atoms. The number of hydrogen-bond donors (Lipinski definition) is 2. The first-order valence-corrected chi connectivity index (χ1v) is 16.2. The van der Waals surface area contributed by atoms with Crippen LogP contribution in [0.15, 0.2) is 72.4 Å². The number of carbonyl (C=O) groups is 2. The van der Waals surface area contributed by atoms with Crippen molar-refractivity contribution in [2.75, 3.05) is 23.2 Å². The van der Waals surface area contributed by atoms with E-state index in [2.05, 4.69) is 24.5 Å². The molecule has 3 heterocycles. The number of benzene rings is 3. The largest absolute Gasteiger partial charge is 0.616 e. The molecule has 3 aromatic carbocycles. The molecule has 0 fully saturated rings. The molecule has 0 spiro atoms. The van der Waals surface area contributed by atoms with Crippen molar-refractivity contribution in [3.63, 3.8) is 0 Å². The number of nitrogens with one attached hydrogen (secondary N) is 2. The molecule has 0 aliphatic carbocycles. The molecule has 3 aromatic rings. The summed E-state index contributed by atoms with van der Waals surface area (Å²) in [5, 5.41) is 6.04. The van der Waals surface area contributed by atoms with E-state index in [9.17, 15) is 14.1 Å². The van der Waals surface area contributed by atoms with Crippen molar-refractivity contribution >= 4 is 39.8 Å². The molecule has 6 rings (SSSR count). The average Bonchev–Trinajstić information content (AvgIpc) is 3.69. The standard InChI is InChI=1S/C18H28O3S.C16H10N2O2/c1-3-4-5-6-7-8-11-22(19)15(2)12-16-9-10-17-18(13-16)21-14-20-17;19-15-10-6-2-4-8-12(10)17-14(15)13-9-5-1-3-7-11(9)18-16(13)20/h9-10,13,15H,3-8,11-12,14H2,1-2H3;1-8,17H,(H,18,20)/b;14-13+. The lowest BCUT2D eigenvalue weighted by Crippen LogP contribution is -2.23. The van der Waals surface area contributed by atoms with Gasteiger partial charge in [-0.15, -0.1) is 0 Å². The Balaban J connectivity index is 0.000000168. The van der Waals surface area contributed by atoms with E-state index in [0.717, 1.165) is 47.0 Å². The van der Waals surface area contributed by atoms with Gasteiger partial charge in [-0.25, -0.2) is 0 Å². The Kier molecular flexibility index (Phi) is 9.87. The molecule has 2 atom stereocenters. The number of ketones is 1. The molecular formula is C34H38N2O5S. The summed E-state index contributed by atoms with van der Waals surface area (Å²) in [6.45, 7) is 4.61. The zero-order chi connectivity index (χ0) is 29.5. The van der Waals surface area contributed by atoms with Crippen LogP contribution < -0.4 is 20.1 Å². The SMILES string of the molecule is CCCCCCCC[S+]([O-])C(C)Cc1ccc2c(c1)OCO2.O=C1Nc2ccccc2/C1=C1\Nc2ccccc2C1=O. The maximum Gasteiger partial charge on any atom is 0.258 e. The van der Waals surface area contributed by atoms with Gasteiger partial charge in [0.2, 0.25) is 12.6 Å². The van der Waals surface area contributed by atoms with E-state index in [1.54, 1.807) is 6.07 Å². The molecule has 7 nitrogen and oxygen atoms in total. The van der Waals surface area contributed by atoms with Crippen LogP contribution in [-0.4, -0.2) is 34.0 Å². The van der Waals surface area contributed by atoms with E-state index < -0.39 is 11.2 Å². The number of fused-ring (bicyclic) bond motifs is 3. The van der Waals surface area contributed by atoms with Gasteiger partial charge >= 0.3 is 0 Å². The first-order chi connectivity index (χ1) is 20.5. The third-order valence-electron chi connectivity index (χ3n) is 7.69. The fraction of sp³-hybridized carbons (Fsp3) is 0.353. The van der Waals surface area contributed by atoms with Crippen molar-refractivity contribution < 1.29 is 23.6 Å². The fourth-order valence-corrected chi connectivity index (χ4v) is 6.65. The van der Waals surface area contributed by atoms with E-state index >= 15 is 0 Å². The molecule has 3 aliphatic rings. The number of ether oxygens (including phenoxy) is 2. The van der Waals surface area contributed by atoms with Crippen molar-refractivity contribution in [1.29, 1.82) is 0 Å². The second-order valence-electron chi connectivity index (χ2n) is 10.8. The molecule has 0 aromatic heterocycles. The monoisotopic (exact) mass is 586 g/mol. The van der Waals surface area contributed by atoms with Gasteiger partial charge in [-0.1, -0.05) is 80.2 Å². The van der Waals surface area contributed by atoms with Crippen LogP contribution in [0, 0.1) is 0 Å². The van der Waals surface area contributed by atoms with Crippen molar-refractivity contribution in [2.24, 2.45) is 0 Å². The summed E-state index contributed by atoms with van der Waals surface area (Å²) in [6.07, 6.45) is 8.32. The highest BCUT2D eigenvalue weighted by Crippen LogP contribution is 2.38. The Bertz CT molecular complexity index is 1470. The van der Waals surface area contributed by atoms with Gasteiger partial charge in [0, 0.05) is 28.9 Å². The molecule has 220 valence electrons. The van der Waals surface area contributed by atoms with Crippen molar-refractivity contribution in [2.45, 2.75) is 64.0 Å². The van der Waals surface area contributed by atoms with Gasteiger partial charge in [-0.2, -0.15) is 0 Å². The van der Waals surface area contributed by atoms with Crippen molar-refractivity contribution in [3.8, 4) is 11.5 Å². The highest BCUT2D eigenvalue weighted by atomic mass is 32.2. The molecule has 0 saturated carbocycles. The first-order valence-electron chi connectivity index (χ1n) is 14.8.